The van der Waals surface area contributed by atoms with Gasteiger partial charge >= 0.3 is 0 Å². The summed E-state index contributed by atoms with van der Waals surface area (Å²) < 4.78 is 0.774. The van der Waals surface area contributed by atoms with Crippen LogP contribution < -0.4 is 0 Å². The molecular weight excluding hydrogens is 192 g/mol. The van der Waals surface area contributed by atoms with Crippen LogP contribution in [0.5, 0.6) is 0 Å². The van der Waals surface area contributed by atoms with Crippen LogP contribution in [0.15, 0.2) is 30.5 Å². The molecule has 2 rings (SSSR count). The van der Waals surface area contributed by atoms with Crippen LogP contribution >= 0.6 is 22.9 Å². The molecule has 0 amide bonds. The van der Waals surface area contributed by atoms with Crippen LogP contribution in [0.3, 0.4) is 0 Å². The van der Waals surface area contributed by atoms with Crippen LogP contribution in [0.2, 0.25) is 4.34 Å². The van der Waals surface area contributed by atoms with Crippen LogP contribution in [0.25, 0.3) is 10.6 Å². The predicted octanol–water partition coefficient (Wildman–Crippen LogP) is 2.86. The maximum absolute atomic E-state index is 5.78. The third-order valence-corrected chi connectivity index (χ3v) is 2.65. The van der Waals surface area contributed by atoms with Crippen LogP contribution in [0.4, 0.5) is 0 Å². The van der Waals surface area contributed by atoms with Gasteiger partial charge < -0.3 is 0 Å². The van der Waals surface area contributed by atoms with Gasteiger partial charge in [-0.15, -0.1) is 16.4 Å². The van der Waals surface area contributed by atoms with Crippen LogP contribution in [-0.2, 0) is 0 Å². The summed E-state index contributed by atoms with van der Waals surface area (Å²) in [5.74, 6) is 0. The maximum atomic E-state index is 5.78. The van der Waals surface area contributed by atoms with E-state index in [1.165, 1.54) is 11.3 Å². The van der Waals surface area contributed by atoms with E-state index < -0.39 is 0 Å². The van der Waals surface area contributed by atoms with E-state index in [0.717, 1.165) is 14.9 Å². The fourth-order valence-electron chi connectivity index (χ4n) is 0.885. The molecule has 2 heterocycles. The number of halogens is 1. The lowest BCUT2D eigenvalue weighted by Gasteiger charge is -1.90. The second-order valence-electron chi connectivity index (χ2n) is 2.21. The zero-order valence-corrected chi connectivity index (χ0v) is 7.64. The number of aromatic nitrogens is 2. The largest absolute Gasteiger partial charge is 0.159 e. The van der Waals surface area contributed by atoms with E-state index in [9.17, 15) is 0 Å². The van der Waals surface area contributed by atoms with Crippen molar-refractivity contribution in [2.24, 2.45) is 0 Å². The lowest BCUT2D eigenvalue weighted by Crippen LogP contribution is -1.81. The lowest BCUT2D eigenvalue weighted by atomic mass is 10.3. The van der Waals surface area contributed by atoms with E-state index in [0.29, 0.717) is 0 Å². The minimum atomic E-state index is 0.774. The summed E-state index contributed by atoms with van der Waals surface area (Å²) in [7, 11) is 0. The zero-order chi connectivity index (χ0) is 8.39. The van der Waals surface area contributed by atoms with Crippen LogP contribution in [-0.4, -0.2) is 10.2 Å². The normalized spacial score (nSPS) is 10.1. The Morgan fingerprint density at radius 1 is 1.25 bits per heavy atom. The summed E-state index contributed by atoms with van der Waals surface area (Å²) in [6, 6.07) is 7.57. The van der Waals surface area contributed by atoms with Crippen molar-refractivity contribution < 1.29 is 0 Å². The molecule has 0 aliphatic heterocycles. The fourth-order valence-corrected chi connectivity index (χ4v) is 1.89. The van der Waals surface area contributed by atoms with Crippen LogP contribution in [0.1, 0.15) is 0 Å². The lowest BCUT2D eigenvalue weighted by molar-refractivity contribution is 1.04. The molecule has 0 aliphatic rings. The van der Waals surface area contributed by atoms with Gasteiger partial charge in [-0.25, -0.2) is 0 Å². The molecule has 2 aromatic heterocycles. The van der Waals surface area contributed by atoms with Gasteiger partial charge in [0.2, 0.25) is 0 Å². The Morgan fingerprint density at radius 2 is 2.17 bits per heavy atom. The minimum absolute atomic E-state index is 0.774. The van der Waals surface area contributed by atoms with Crippen molar-refractivity contribution in [1.29, 1.82) is 0 Å². The predicted molar refractivity (Wildman–Crippen MR) is 50.4 cm³/mol. The summed E-state index contributed by atoms with van der Waals surface area (Å²) in [5.41, 5.74) is 0.870. The van der Waals surface area contributed by atoms with Crippen molar-refractivity contribution in [2.75, 3.05) is 0 Å². The van der Waals surface area contributed by atoms with Crippen molar-refractivity contribution in [2.45, 2.75) is 0 Å². The number of thiophene rings is 1. The zero-order valence-electron chi connectivity index (χ0n) is 6.07. The molecule has 0 radical (unpaired) electrons. The molecule has 2 nitrogen and oxygen atoms in total. The maximum Gasteiger partial charge on any atom is 0.103 e. The fraction of sp³-hybridized carbons (Fsp3) is 0. The summed E-state index contributed by atoms with van der Waals surface area (Å²) in [6.07, 6.45) is 1.65. The Kier molecular flexibility index (Phi) is 2.06. The first kappa shape index (κ1) is 7.71. The molecule has 0 N–H and O–H groups in total. The minimum Gasteiger partial charge on any atom is -0.159 e. The third-order valence-electron chi connectivity index (χ3n) is 1.40. The van der Waals surface area contributed by atoms with Gasteiger partial charge in [0.25, 0.3) is 0 Å². The number of hydrogen-bond donors (Lipinski definition) is 0. The molecule has 0 aliphatic carbocycles. The molecule has 0 unspecified atom stereocenters. The Hall–Kier alpha value is -0.930. The summed E-state index contributed by atoms with van der Waals surface area (Å²) in [5, 5.41) is 7.75. The highest BCUT2D eigenvalue weighted by atomic mass is 35.5. The van der Waals surface area contributed by atoms with E-state index in [-0.39, 0.29) is 0 Å². The van der Waals surface area contributed by atoms with E-state index in [1.807, 2.05) is 24.3 Å². The van der Waals surface area contributed by atoms with Gasteiger partial charge in [0.05, 0.1) is 9.21 Å². The second-order valence-corrected chi connectivity index (χ2v) is 3.93. The molecule has 12 heavy (non-hydrogen) atoms. The average Bonchev–Trinajstić information content (AvgIpc) is 2.54. The van der Waals surface area contributed by atoms with Gasteiger partial charge in [-0.3, -0.25) is 0 Å². The Bertz CT molecular complexity index is 372. The van der Waals surface area contributed by atoms with Crippen molar-refractivity contribution in [3.05, 3.63) is 34.8 Å². The molecule has 0 aromatic carbocycles. The van der Waals surface area contributed by atoms with Crippen molar-refractivity contribution in [3.8, 4) is 10.6 Å². The molecule has 0 saturated heterocycles. The van der Waals surface area contributed by atoms with Gasteiger partial charge in [0.1, 0.15) is 5.69 Å². The molecule has 0 spiro atoms. The second kappa shape index (κ2) is 3.21. The highest BCUT2D eigenvalue weighted by Crippen LogP contribution is 2.28. The Labute approximate surface area is 78.8 Å². The molecule has 0 bridgehead atoms. The number of hydrogen-bond acceptors (Lipinski definition) is 3. The van der Waals surface area contributed by atoms with E-state index in [4.69, 9.17) is 11.6 Å². The smallest absolute Gasteiger partial charge is 0.103 e. The van der Waals surface area contributed by atoms with Crippen LogP contribution in [0, 0.1) is 0 Å². The topological polar surface area (TPSA) is 25.8 Å². The summed E-state index contributed by atoms with van der Waals surface area (Å²) >= 11 is 7.28. The summed E-state index contributed by atoms with van der Waals surface area (Å²) in [6.45, 7) is 0. The SMILES string of the molecule is Clc1ccc(-c2cccnn2)s1. The highest BCUT2D eigenvalue weighted by molar-refractivity contribution is 7.19. The first-order valence-corrected chi connectivity index (χ1v) is 4.59. The standard InChI is InChI=1S/C8H5ClN2S/c9-8-4-3-7(12-8)6-2-1-5-10-11-6/h1-5H. The van der Waals surface area contributed by atoms with Gasteiger partial charge in [-0.1, -0.05) is 11.6 Å². The number of nitrogens with zero attached hydrogens (tertiary/aromatic N) is 2. The van der Waals surface area contributed by atoms with Crippen molar-refractivity contribution in [3.63, 3.8) is 0 Å². The Morgan fingerprint density at radius 3 is 2.75 bits per heavy atom. The number of rotatable bonds is 1. The van der Waals surface area contributed by atoms with Gasteiger partial charge in [0, 0.05) is 6.20 Å². The first-order valence-electron chi connectivity index (χ1n) is 3.40. The van der Waals surface area contributed by atoms with Crippen molar-refractivity contribution >= 4 is 22.9 Å². The van der Waals surface area contributed by atoms with Gasteiger partial charge in [-0.2, -0.15) is 5.10 Å². The average molecular weight is 197 g/mol. The van der Waals surface area contributed by atoms with E-state index in [2.05, 4.69) is 10.2 Å². The molecule has 0 fully saturated rings. The molecule has 0 atom stereocenters. The quantitative estimate of drug-likeness (QED) is 0.701. The molecule has 2 aromatic rings. The molecule has 0 saturated carbocycles. The van der Waals surface area contributed by atoms with E-state index >= 15 is 0 Å². The molecule has 60 valence electrons. The molecular formula is C8H5ClN2S. The Balaban J connectivity index is 2.45. The highest BCUT2D eigenvalue weighted by Gasteiger charge is 2.01. The summed E-state index contributed by atoms with van der Waals surface area (Å²) in [4.78, 5) is 1.05. The third kappa shape index (κ3) is 1.47. The molecule has 4 heteroatoms. The van der Waals surface area contributed by atoms with Gasteiger partial charge in [0.15, 0.2) is 0 Å². The first-order chi connectivity index (χ1) is 5.86. The van der Waals surface area contributed by atoms with Gasteiger partial charge in [-0.05, 0) is 24.3 Å². The monoisotopic (exact) mass is 196 g/mol. The van der Waals surface area contributed by atoms with E-state index in [1.54, 1.807) is 6.20 Å². The van der Waals surface area contributed by atoms with Crippen molar-refractivity contribution in [1.82, 2.24) is 10.2 Å².